The minimum Gasteiger partial charge on any atom is -0.398 e. The molecule has 0 radical (unpaired) electrons. The Morgan fingerprint density at radius 1 is 1.14 bits per heavy atom. The first kappa shape index (κ1) is 13.7. The molecule has 0 bridgehead atoms. The smallest absolute Gasteiger partial charge is 0.258 e. The number of amides is 1. The van der Waals surface area contributed by atoms with E-state index in [-0.39, 0.29) is 5.91 Å². The number of nitrogens with two attached hydrogens (primary N) is 1. The van der Waals surface area contributed by atoms with Crippen molar-refractivity contribution in [2.24, 2.45) is 0 Å². The van der Waals surface area contributed by atoms with Crippen LogP contribution < -0.4 is 10.6 Å². The molecule has 21 heavy (non-hydrogen) atoms. The number of hydrogen-bond donors (Lipinski definition) is 1. The maximum absolute atomic E-state index is 12.8. The van der Waals surface area contributed by atoms with E-state index in [9.17, 15) is 4.79 Å². The van der Waals surface area contributed by atoms with Gasteiger partial charge < -0.3 is 10.6 Å². The average molecular weight is 280 g/mol. The van der Waals surface area contributed by atoms with E-state index < -0.39 is 0 Å². The van der Waals surface area contributed by atoms with Crippen LogP contribution in [-0.2, 0) is 6.42 Å². The van der Waals surface area contributed by atoms with Gasteiger partial charge in [-0.1, -0.05) is 24.3 Å². The summed E-state index contributed by atoms with van der Waals surface area (Å²) in [4.78, 5) is 14.7. The van der Waals surface area contributed by atoms with Crippen molar-refractivity contribution in [1.29, 1.82) is 0 Å². The van der Waals surface area contributed by atoms with E-state index >= 15 is 0 Å². The third-order valence-corrected chi connectivity index (χ3v) is 4.19. The van der Waals surface area contributed by atoms with E-state index in [1.54, 1.807) is 6.07 Å². The van der Waals surface area contributed by atoms with Crippen LogP contribution in [0.3, 0.4) is 0 Å². The maximum atomic E-state index is 12.8. The van der Waals surface area contributed by atoms with Crippen LogP contribution in [0.25, 0.3) is 0 Å². The Balaban J connectivity index is 2.02. The van der Waals surface area contributed by atoms with Crippen LogP contribution in [0.15, 0.2) is 36.4 Å². The molecule has 3 nitrogen and oxygen atoms in total. The summed E-state index contributed by atoms with van der Waals surface area (Å²) in [6.07, 6.45) is 2.04. The number of fused-ring (bicyclic) bond motifs is 1. The molecule has 1 aliphatic heterocycles. The molecule has 0 unspecified atom stereocenters. The summed E-state index contributed by atoms with van der Waals surface area (Å²) in [6.45, 7) is 4.78. The van der Waals surface area contributed by atoms with Crippen molar-refractivity contribution in [3.05, 3.63) is 58.7 Å². The Kier molecular flexibility index (Phi) is 3.42. The number of hydrogen-bond acceptors (Lipinski definition) is 2. The number of para-hydroxylation sites is 1. The zero-order valence-corrected chi connectivity index (χ0v) is 12.5. The number of carbonyl (C=O) groups excluding carboxylic acids is 1. The first-order valence-corrected chi connectivity index (χ1v) is 7.34. The topological polar surface area (TPSA) is 46.3 Å². The second-order valence-electron chi connectivity index (χ2n) is 5.71. The van der Waals surface area contributed by atoms with Gasteiger partial charge in [-0.05, 0) is 55.5 Å². The molecule has 108 valence electrons. The van der Waals surface area contributed by atoms with Gasteiger partial charge in [0, 0.05) is 17.8 Å². The zero-order valence-electron chi connectivity index (χ0n) is 12.5. The average Bonchev–Trinajstić information content (AvgIpc) is 2.49. The molecule has 0 fully saturated rings. The Morgan fingerprint density at radius 3 is 2.71 bits per heavy atom. The number of benzene rings is 2. The lowest BCUT2D eigenvalue weighted by atomic mass is 9.97. The van der Waals surface area contributed by atoms with Crippen LogP contribution in [0.5, 0.6) is 0 Å². The van der Waals surface area contributed by atoms with Crippen LogP contribution in [0.2, 0.25) is 0 Å². The number of nitrogens with zero attached hydrogens (tertiary/aromatic N) is 1. The highest BCUT2D eigenvalue weighted by molar-refractivity contribution is 6.07. The molecule has 1 aliphatic rings. The molecule has 0 saturated heterocycles. The lowest BCUT2D eigenvalue weighted by Crippen LogP contribution is -2.36. The van der Waals surface area contributed by atoms with Crippen molar-refractivity contribution in [2.75, 3.05) is 17.2 Å². The molecular weight excluding hydrogens is 260 g/mol. The third-order valence-electron chi connectivity index (χ3n) is 4.19. The Hall–Kier alpha value is -2.29. The summed E-state index contributed by atoms with van der Waals surface area (Å²) < 4.78 is 0. The fourth-order valence-electron chi connectivity index (χ4n) is 2.98. The summed E-state index contributed by atoms with van der Waals surface area (Å²) in [5.41, 5.74) is 11.8. The fraction of sp³-hybridized carbons (Fsp3) is 0.278. The third kappa shape index (κ3) is 2.40. The fourth-order valence-corrected chi connectivity index (χ4v) is 2.98. The summed E-state index contributed by atoms with van der Waals surface area (Å²) in [7, 11) is 0. The van der Waals surface area contributed by atoms with E-state index in [1.807, 2.05) is 24.0 Å². The molecule has 2 N–H and O–H groups in total. The van der Waals surface area contributed by atoms with Crippen molar-refractivity contribution >= 4 is 17.3 Å². The molecule has 0 aromatic heterocycles. The molecule has 0 spiro atoms. The number of nitrogen functional groups attached to an aromatic ring is 1. The van der Waals surface area contributed by atoms with Crippen LogP contribution in [-0.4, -0.2) is 12.5 Å². The largest absolute Gasteiger partial charge is 0.398 e. The number of anilines is 2. The maximum Gasteiger partial charge on any atom is 0.258 e. The molecule has 3 heteroatoms. The predicted octanol–water partition coefficient (Wildman–Crippen LogP) is 3.48. The van der Waals surface area contributed by atoms with Gasteiger partial charge in [0.2, 0.25) is 0 Å². The monoisotopic (exact) mass is 280 g/mol. The first-order valence-electron chi connectivity index (χ1n) is 7.34. The van der Waals surface area contributed by atoms with Crippen LogP contribution in [0.4, 0.5) is 11.4 Å². The molecule has 0 atom stereocenters. The van der Waals surface area contributed by atoms with Gasteiger partial charge in [-0.3, -0.25) is 4.79 Å². The van der Waals surface area contributed by atoms with Gasteiger partial charge in [-0.25, -0.2) is 0 Å². The molecular formula is C18H20N2O. The molecule has 1 amide bonds. The van der Waals surface area contributed by atoms with E-state index in [0.717, 1.165) is 36.2 Å². The van der Waals surface area contributed by atoms with Crippen molar-refractivity contribution in [3.63, 3.8) is 0 Å². The summed E-state index contributed by atoms with van der Waals surface area (Å²) in [6, 6.07) is 11.8. The zero-order chi connectivity index (χ0) is 15.0. The van der Waals surface area contributed by atoms with Gasteiger partial charge in [0.1, 0.15) is 0 Å². The van der Waals surface area contributed by atoms with Crippen molar-refractivity contribution in [1.82, 2.24) is 0 Å². The molecule has 0 saturated carbocycles. The normalized spacial score (nSPS) is 13.9. The van der Waals surface area contributed by atoms with E-state index in [1.165, 1.54) is 5.56 Å². The number of rotatable bonds is 1. The number of aryl methyl sites for hydroxylation is 3. The summed E-state index contributed by atoms with van der Waals surface area (Å²) in [5, 5.41) is 0. The molecule has 1 heterocycles. The standard InChI is InChI=1S/C18H20N2O/c1-12-8-9-15(11-16(12)19)18(21)20-10-4-7-14-6-3-5-13(2)17(14)20/h3,5-6,8-9,11H,4,7,10,19H2,1-2H3. The Labute approximate surface area is 125 Å². The lowest BCUT2D eigenvalue weighted by molar-refractivity contribution is 0.0985. The van der Waals surface area contributed by atoms with Crippen LogP contribution in [0.1, 0.15) is 33.5 Å². The SMILES string of the molecule is Cc1ccc(C(=O)N2CCCc3cccc(C)c32)cc1N. The first-order chi connectivity index (χ1) is 10.1. The second-order valence-corrected chi connectivity index (χ2v) is 5.71. The molecule has 2 aromatic carbocycles. The second kappa shape index (κ2) is 5.24. The van der Waals surface area contributed by atoms with Crippen molar-refractivity contribution < 1.29 is 4.79 Å². The highest BCUT2D eigenvalue weighted by atomic mass is 16.2. The van der Waals surface area contributed by atoms with E-state index in [4.69, 9.17) is 5.73 Å². The Bertz CT molecular complexity index is 706. The minimum atomic E-state index is 0.0388. The van der Waals surface area contributed by atoms with Crippen LogP contribution >= 0.6 is 0 Å². The summed E-state index contributed by atoms with van der Waals surface area (Å²) in [5.74, 6) is 0.0388. The highest BCUT2D eigenvalue weighted by Crippen LogP contribution is 2.31. The number of carbonyl (C=O) groups is 1. The predicted molar refractivity (Wildman–Crippen MR) is 86.8 cm³/mol. The van der Waals surface area contributed by atoms with Gasteiger partial charge >= 0.3 is 0 Å². The quantitative estimate of drug-likeness (QED) is 0.813. The van der Waals surface area contributed by atoms with Crippen molar-refractivity contribution in [3.8, 4) is 0 Å². The Morgan fingerprint density at radius 2 is 1.95 bits per heavy atom. The van der Waals surface area contributed by atoms with Crippen molar-refractivity contribution in [2.45, 2.75) is 26.7 Å². The van der Waals surface area contributed by atoms with Gasteiger partial charge in [0.15, 0.2) is 0 Å². The minimum absolute atomic E-state index is 0.0388. The summed E-state index contributed by atoms with van der Waals surface area (Å²) >= 11 is 0. The van der Waals surface area contributed by atoms with Gasteiger partial charge in [-0.2, -0.15) is 0 Å². The molecule has 3 rings (SSSR count). The highest BCUT2D eigenvalue weighted by Gasteiger charge is 2.25. The molecule has 0 aliphatic carbocycles. The van der Waals surface area contributed by atoms with Gasteiger partial charge in [0.05, 0.1) is 5.69 Å². The van der Waals surface area contributed by atoms with Crippen LogP contribution in [0, 0.1) is 13.8 Å². The molecule has 2 aromatic rings. The van der Waals surface area contributed by atoms with Gasteiger partial charge in [-0.15, -0.1) is 0 Å². The lowest BCUT2D eigenvalue weighted by Gasteiger charge is -2.31. The van der Waals surface area contributed by atoms with Gasteiger partial charge in [0.25, 0.3) is 5.91 Å². The van der Waals surface area contributed by atoms with E-state index in [2.05, 4.69) is 25.1 Å². The van der Waals surface area contributed by atoms with E-state index in [0.29, 0.717) is 11.3 Å².